The van der Waals surface area contributed by atoms with Crippen LogP contribution in [0, 0.1) is 27.7 Å². The summed E-state index contributed by atoms with van der Waals surface area (Å²) in [6, 6.07) is 8.03. The van der Waals surface area contributed by atoms with Crippen molar-refractivity contribution in [3.05, 3.63) is 46.7 Å². The molecule has 27 heavy (non-hydrogen) atoms. The quantitative estimate of drug-likeness (QED) is 0.541. The largest absolute Gasteiger partial charge is 0.360 e. The van der Waals surface area contributed by atoms with Gasteiger partial charge in [0.05, 0.1) is 11.3 Å². The van der Waals surface area contributed by atoms with Crippen molar-refractivity contribution in [3.8, 4) is 0 Å². The Morgan fingerprint density at radius 1 is 1.15 bits per heavy atom. The molecule has 0 aliphatic rings. The molecule has 7 nitrogen and oxygen atoms in total. The molecule has 0 aliphatic carbocycles. The lowest BCUT2D eigenvalue weighted by atomic mass is 10.0. The predicted molar refractivity (Wildman–Crippen MR) is 105 cm³/mol. The van der Waals surface area contributed by atoms with Gasteiger partial charge in [-0.2, -0.15) is 0 Å². The molecule has 0 radical (unpaired) electrons. The van der Waals surface area contributed by atoms with E-state index in [1.807, 2.05) is 11.3 Å². The first-order chi connectivity index (χ1) is 12.9. The van der Waals surface area contributed by atoms with Crippen LogP contribution in [-0.2, 0) is 4.79 Å². The lowest BCUT2D eigenvalue weighted by Gasteiger charge is -2.11. The number of nitrogens with zero attached hydrogens (tertiary/aromatic N) is 4. The van der Waals surface area contributed by atoms with Gasteiger partial charge in [-0.3, -0.25) is 9.20 Å². The van der Waals surface area contributed by atoms with E-state index in [4.69, 9.17) is 4.52 Å². The molecule has 3 aromatic heterocycles. The molecule has 1 N–H and O–H groups in total. The average Bonchev–Trinajstić information content (AvgIpc) is 3.23. The van der Waals surface area contributed by atoms with E-state index in [0.29, 0.717) is 16.7 Å². The van der Waals surface area contributed by atoms with E-state index in [1.54, 1.807) is 13.0 Å². The second-order valence-corrected chi connectivity index (χ2v) is 7.52. The number of anilines is 1. The number of aromatic nitrogens is 4. The fourth-order valence-corrected chi connectivity index (χ4v) is 3.83. The Bertz CT molecular complexity index is 1180. The molecule has 4 rings (SSSR count). The zero-order valence-electron chi connectivity index (χ0n) is 15.5. The van der Waals surface area contributed by atoms with Crippen molar-refractivity contribution in [2.24, 2.45) is 0 Å². The topological polar surface area (TPSA) is 85.3 Å². The van der Waals surface area contributed by atoms with E-state index in [9.17, 15) is 4.79 Å². The molecule has 1 amide bonds. The van der Waals surface area contributed by atoms with Crippen LogP contribution >= 0.6 is 11.8 Å². The van der Waals surface area contributed by atoms with Gasteiger partial charge in [-0.15, -0.1) is 10.2 Å². The third kappa shape index (κ3) is 3.16. The maximum atomic E-state index is 12.2. The number of amides is 1. The highest BCUT2D eigenvalue weighted by atomic mass is 32.2. The standard InChI is InChI=1S/C19H19N5O2S/c1-10-5-6-14-7-11(2)18-21-22-19(24(18)17(14)13(10)4)27-9-16(25)20-15-8-12(3)26-23-15/h5-8H,9H2,1-4H3,(H,20,23,25). The molecule has 0 aliphatic heterocycles. The highest BCUT2D eigenvalue weighted by Gasteiger charge is 2.16. The maximum Gasteiger partial charge on any atom is 0.236 e. The molecule has 4 aromatic rings. The molecule has 0 saturated carbocycles. The Kier molecular flexibility index (Phi) is 4.35. The minimum atomic E-state index is -0.171. The van der Waals surface area contributed by atoms with Crippen molar-refractivity contribution in [1.29, 1.82) is 0 Å². The summed E-state index contributed by atoms with van der Waals surface area (Å²) in [5, 5.41) is 17.0. The Labute approximate surface area is 160 Å². The molecule has 0 spiro atoms. The summed E-state index contributed by atoms with van der Waals surface area (Å²) in [5.41, 5.74) is 5.33. The maximum absolute atomic E-state index is 12.2. The second-order valence-electron chi connectivity index (χ2n) is 6.57. The fourth-order valence-electron chi connectivity index (χ4n) is 3.09. The molecule has 0 fully saturated rings. The van der Waals surface area contributed by atoms with Gasteiger partial charge < -0.3 is 9.84 Å². The first-order valence-electron chi connectivity index (χ1n) is 8.54. The van der Waals surface area contributed by atoms with Gasteiger partial charge >= 0.3 is 0 Å². The summed E-state index contributed by atoms with van der Waals surface area (Å²) < 4.78 is 7.01. The Balaban J connectivity index is 1.68. The van der Waals surface area contributed by atoms with Crippen LogP contribution in [-0.4, -0.2) is 31.4 Å². The zero-order valence-corrected chi connectivity index (χ0v) is 16.3. The Hall–Kier alpha value is -2.87. The summed E-state index contributed by atoms with van der Waals surface area (Å²) >= 11 is 1.35. The minimum Gasteiger partial charge on any atom is -0.360 e. The van der Waals surface area contributed by atoms with Crippen molar-refractivity contribution in [2.45, 2.75) is 32.9 Å². The van der Waals surface area contributed by atoms with Gasteiger partial charge in [0.2, 0.25) is 5.91 Å². The van der Waals surface area contributed by atoms with Crippen LogP contribution in [0.3, 0.4) is 0 Å². The third-order valence-electron chi connectivity index (χ3n) is 4.54. The molecule has 1 aromatic carbocycles. The molecular weight excluding hydrogens is 362 g/mol. The van der Waals surface area contributed by atoms with E-state index in [0.717, 1.165) is 22.1 Å². The van der Waals surface area contributed by atoms with Crippen molar-refractivity contribution in [3.63, 3.8) is 0 Å². The molecule has 0 unspecified atom stereocenters. The van der Waals surface area contributed by atoms with Crippen molar-refractivity contribution >= 4 is 40.0 Å². The van der Waals surface area contributed by atoms with Crippen LogP contribution in [0.25, 0.3) is 16.6 Å². The minimum absolute atomic E-state index is 0.171. The highest BCUT2D eigenvalue weighted by molar-refractivity contribution is 7.99. The number of rotatable bonds is 4. The molecule has 0 atom stereocenters. The van der Waals surface area contributed by atoms with E-state index in [1.165, 1.54) is 22.9 Å². The van der Waals surface area contributed by atoms with E-state index < -0.39 is 0 Å². The average molecular weight is 381 g/mol. The zero-order chi connectivity index (χ0) is 19.1. The van der Waals surface area contributed by atoms with Crippen LogP contribution < -0.4 is 5.32 Å². The normalized spacial score (nSPS) is 11.4. The third-order valence-corrected chi connectivity index (χ3v) is 5.47. The number of hydrogen-bond donors (Lipinski definition) is 1. The highest BCUT2D eigenvalue weighted by Crippen LogP contribution is 2.29. The number of benzene rings is 1. The number of pyridine rings is 1. The molecule has 8 heteroatoms. The first kappa shape index (κ1) is 17.5. The number of carbonyl (C=O) groups excluding carboxylic acids is 1. The molecule has 138 valence electrons. The van der Waals surface area contributed by atoms with Gasteiger partial charge in [-0.05, 0) is 55.8 Å². The number of thioether (sulfide) groups is 1. The Morgan fingerprint density at radius 2 is 1.96 bits per heavy atom. The molecule has 0 bridgehead atoms. The summed E-state index contributed by atoms with van der Waals surface area (Å²) in [6.45, 7) is 7.98. The smallest absolute Gasteiger partial charge is 0.236 e. The van der Waals surface area contributed by atoms with Crippen molar-refractivity contribution in [1.82, 2.24) is 19.8 Å². The summed E-state index contributed by atoms with van der Waals surface area (Å²) in [7, 11) is 0. The Morgan fingerprint density at radius 3 is 2.70 bits per heavy atom. The molecular formula is C19H19N5O2S. The fraction of sp³-hybridized carbons (Fsp3) is 0.263. The number of carbonyl (C=O) groups is 1. The van der Waals surface area contributed by atoms with Gasteiger partial charge in [-0.1, -0.05) is 29.1 Å². The van der Waals surface area contributed by atoms with Gasteiger partial charge in [0.1, 0.15) is 5.76 Å². The monoisotopic (exact) mass is 381 g/mol. The number of nitrogens with one attached hydrogen (secondary N) is 1. The summed E-state index contributed by atoms with van der Waals surface area (Å²) in [5.74, 6) is 1.09. The summed E-state index contributed by atoms with van der Waals surface area (Å²) in [4.78, 5) is 12.2. The van der Waals surface area contributed by atoms with Gasteiger partial charge in [-0.25, -0.2) is 0 Å². The number of fused-ring (bicyclic) bond motifs is 3. The van der Waals surface area contributed by atoms with Crippen LogP contribution in [0.15, 0.2) is 33.9 Å². The SMILES string of the molecule is Cc1cc(NC(=O)CSc2nnc3c(C)cc4ccc(C)c(C)c4n23)no1. The van der Waals surface area contributed by atoms with Crippen molar-refractivity contribution < 1.29 is 9.32 Å². The summed E-state index contributed by atoms with van der Waals surface area (Å²) in [6.07, 6.45) is 0. The van der Waals surface area contributed by atoms with Crippen LogP contribution in [0.2, 0.25) is 0 Å². The van der Waals surface area contributed by atoms with Crippen LogP contribution in [0.5, 0.6) is 0 Å². The number of aryl methyl sites for hydroxylation is 4. The lowest BCUT2D eigenvalue weighted by Crippen LogP contribution is -2.14. The van der Waals surface area contributed by atoms with Gasteiger partial charge in [0, 0.05) is 6.07 Å². The van der Waals surface area contributed by atoms with Crippen LogP contribution in [0.4, 0.5) is 5.82 Å². The first-order valence-corrected chi connectivity index (χ1v) is 9.53. The predicted octanol–water partition coefficient (Wildman–Crippen LogP) is 3.83. The van der Waals surface area contributed by atoms with Crippen molar-refractivity contribution in [2.75, 3.05) is 11.1 Å². The van der Waals surface area contributed by atoms with E-state index in [-0.39, 0.29) is 11.7 Å². The second kappa shape index (κ2) is 6.70. The van der Waals surface area contributed by atoms with Crippen LogP contribution in [0.1, 0.15) is 22.5 Å². The van der Waals surface area contributed by atoms with Gasteiger partial charge in [0.15, 0.2) is 16.6 Å². The molecule has 0 saturated heterocycles. The number of hydrogen-bond acceptors (Lipinski definition) is 6. The molecule has 3 heterocycles. The lowest BCUT2D eigenvalue weighted by molar-refractivity contribution is -0.113. The van der Waals surface area contributed by atoms with E-state index >= 15 is 0 Å². The van der Waals surface area contributed by atoms with E-state index in [2.05, 4.69) is 52.7 Å². The van der Waals surface area contributed by atoms with Gasteiger partial charge in [0.25, 0.3) is 0 Å².